The van der Waals surface area contributed by atoms with Crippen molar-refractivity contribution in [2.45, 2.75) is 5.03 Å². The molecule has 0 saturated carbocycles. The molecule has 0 aromatic carbocycles. The van der Waals surface area contributed by atoms with Gasteiger partial charge in [-0.3, -0.25) is 0 Å². The molecule has 4 heteroatoms. The molecule has 1 N–H and O–H groups in total. The quantitative estimate of drug-likeness (QED) is 0.751. The van der Waals surface area contributed by atoms with E-state index in [1.807, 2.05) is 25.2 Å². The molecule has 0 unspecified atom stereocenters. The van der Waals surface area contributed by atoms with Gasteiger partial charge in [-0.2, -0.15) is 0 Å². The van der Waals surface area contributed by atoms with E-state index in [-0.39, 0.29) is 0 Å². The van der Waals surface area contributed by atoms with Crippen LogP contribution >= 0.6 is 11.8 Å². The Bertz CT molecular complexity index is 276. The fourth-order valence-corrected chi connectivity index (χ4v) is 1.97. The molecule has 1 aromatic rings. The van der Waals surface area contributed by atoms with Crippen LogP contribution in [0, 0.1) is 0 Å². The molecule has 0 atom stereocenters. The third-order valence-corrected chi connectivity index (χ3v) is 2.68. The van der Waals surface area contributed by atoms with Crippen LogP contribution in [-0.2, 0) is 0 Å². The van der Waals surface area contributed by atoms with Crippen molar-refractivity contribution in [2.24, 2.45) is 0 Å². The average Bonchev–Trinajstić information content (AvgIpc) is 2.18. The van der Waals surface area contributed by atoms with Crippen LogP contribution in [0.2, 0.25) is 0 Å². The van der Waals surface area contributed by atoms with Gasteiger partial charge < -0.3 is 10.2 Å². The molecule has 14 heavy (non-hydrogen) atoms. The molecule has 0 aliphatic heterocycles. The van der Waals surface area contributed by atoms with Gasteiger partial charge in [-0.15, -0.1) is 11.8 Å². The van der Waals surface area contributed by atoms with Gasteiger partial charge in [0.15, 0.2) is 0 Å². The summed E-state index contributed by atoms with van der Waals surface area (Å²) >= 11 is 1.79. The number of aromatic nitrogens is 1. The summed E-state index contributed by atoms with van der Waals surface area (Å²) in [4.78, 5) is 6.60. The number of hydrogen-bond donors (Lipinski definition) is 1. The Kier molecular flexibility index (Phi) is 4.76. The fourth-order valence-electron chi connectivity index (χ4n) is 0.967. The summed E-state index contributed by atoms with van der Waals surface area (Å²) in [6, 6.07) is 6.04. The van der Waals surface area contributed by atoms with Crippen molar-refractivity contribution in [3.8, 4) is 0 Å². The third-order valence-electron chi connectivity index (χ3n) is 1.77. The SMILES string of the molecule is CNc1cccc(SCCN(C)C)n1. The van der Waals surface area contributed by atoms with Crippen LogP contribution in [-0.4, -0.2) is 43.3 Å². The molecule has 0 spiro atoms. The maximum Gasteiger partial charge on any atom is 0.126 e. The van der Waals surface area contributed by atoms with Gasteiger partial charge in [0.25, 0.3) is 0 Å². The lowest BCUT2D eigenvalue weighted by Crippen LogP contribution is -2.14. The van der Waals surface area contributed by atoms with Crippen LogP contribution < -0.4 is 5.32 Å². The first kappa shape index (κ1) is 11.3. The average molecular weight is 211 g/mol. The lowest BCUT2D eigenvalue weighted by molar-refractivity contribution is 0.437. The zero-order chi connectivity index (χ0) is 10.4. The van der Waals surface area contributed by atoms with E-state index in [0.717, 1.165) is 23.1 Å². The fraction of sp³-hybridized carbons (Fsp3) is 0.500. The minimum atomic E-state index is 0.930. The highest BCUT2D eigenvalue weighted by Crippen LogP contribution is 2.16. The van der Waals surface area contributed by atoms with Crippen molar-refractivity contribution in [2.75, 3.05) is 38.8 Å². The number of anilines is 1. The third kappa shape index (κ3) is 3.98. The second-order valence-corrected chi connectivity index (χ2v) is 4.38. The van der Waals surface area contributed by atoms with E-state index >= 15 is 0 Å². The van der Waals surface area contributed by atoms with Crippen molar-refractivity contribution < 1.29 is 0 Å². The number of thioether (sulfide) groups is 1. The van der Waals surface area contributed by atoms with Crippen LogP contribution in [0.25, 0.3) is 0 Å². The van der Waals surface area contributed by atoms with Gasteiger partial charge in [-0.05, 0) is 26.2 Å². The number of hydrogen-bond acceptors (Lipinski definition) is 4. The Morgan fingerprint density at radius 3 is 2.86 bits per heavy atom. The van der Waals surface area contributed by atoms with Crippen molar-refractivity contribution >= 4 is 17.6 Å². The molecule has 78 valence electrons. The highest BCUT2D eigenvalue weighted by atomic mass is 32.2. The minimum absolute atomic E-state index is 0.930. The van der Waals surface area contributed by atoms with Crippen LogP contribution in [0.1, 0.15) is 0 Å². The molecule has 0 saturated heterocycles. The van der Waals surface area contributed by atoms with E-state index in [4.69, 9.17) is 0 Å². The molecule has 1 heterocycles. The van der Waals surface area contributed by atoms with E-state index < -0.39 is 0 Å². The summed E-state index contributed by atoms with van der Waals surface area (Å²) in [5, 5.41) is 4.11. The van der Waals surface area contributed by atoms with Crippen LogP contribution in [0.15, 0.2) is 23.2 Å². The van der Waals surface area contributed by atoms with Gasteiger partial charge in [0.1, 0.15) is 5.82 Å². The first-order valence-corrected chi connectivity index (χ1v) is 5.63. The van der Waals surface area contributed by atoms with Crippen LogP contribution in [0.5, 0.6) is 0 Å². The summed E-state index contributed by atoms with van der Waals surface area (Å²) in [6.45, 7) is 1.08. The molecule has 0 fully saturated rings. The predicted molar refractivity (Wildman–Crippen MR) is 63.1 cm³/mol. The summed E-state index contributed by atoms with van der Waals surface area (Å²) in [5.41, 5.74) is 0. The lowest BCUT2D eigenvalue weighted by Gasteiger charge is -2.08. The van der Waals surface area contributed by atoms with Gasteiger partial charge in [-0.1, -0.05) is 6.07 Å². The van der Waals surface area contributed by atoms with Crippen molar-refractivity contribution in [3.63, 3.8) is 0 Å². The largest absolute Gasteiger partial charge is 0.373 e. The lowest BCUT2D eigenvalue weighted by atomic mass is 10.5. The van der Waals surface area contributed by atoms with Gasteiger partial charge in [0.05, 0.1) is 5.03 Å². The number of nitrogens with zero attached hydrogens (tertiary/aromatic N) is 2. The normalized spacial score (nSPS) is 10.6. The van der Waals surface area contributed by atoms with E-state index in [1.165, 1.54) is 0 Å². The van der Waals surface area contributed by atoms with E-state index in [2.05, 4.69) is 29.3 Å². The number of nitrogens with one attached hydrogen (secondary N) is 1. The molecule has 0 amide bonds. The first-order valence-electron chi connectivity index (χ1n) is 4.64. The minimum Gasteiger partial charge on any atom is -0.373 e. The van der Waals surface area contributed by atoms with Gasteiger partial charge >= 0.3 is 0 Å². The van der Waals surface area contributed by atoms with Gasteiger partial charge in [-0.25, -0.2) is 4.98 Å². The Labute approximate surface area is 89.9 Å². The maximum atomic E-state index is 4.42. The summed E-state index contributed by atoms with van der Waals surface area (Å²) in [5.74, 6) is 2.01. The Morgan fingerprint density at radius 2 is 2.21 bits per heavy atom. The second kappa shape index (κ2) is 5.88. The molecule has 0 aliphatic rings. The van der Waals surface area contributed by atoms with Crippen LogP contribution in [0.4, 0.5) is 5.82 Å². The Hall–Kier alpha value is -0.740. The monoisotopic (exact) mass is 211 g/mol. The molecule has 1 rings (SSSR count). The van der Waals surface area contributed by atoms with Gasteiger partial charge in [0, 0.05) is 19.3 Å². The summed E-state index contributed by atoms with van der Waals surface area (Å²) < 4.78 is 0. The standard InChI is InChI=1S/C10H17N3S/c1-11-9-5-4-6-10(12-9)14-8-7-13(2)3/h4-6H,7-8H2,1-3H3,(H,11,12). The molecular weight excluding hydrogens is 194 g/mol. The maximum absolute atomic E-state index is 4.42. The highest BCUT2D eigenvalue weighted by Gasteiger charge is 1.97. The van der Waals surface area contributed by atoms with E-state index in [0.29, 0.717) is 0 Å². The molecule has 1 aromatic heterocycles. The molecular formula is C10H17N3S. The number of pyridine rings is 1. The van der Waals surface area contributed by atoms with Crippen molar-refractivity contribution in [3.05, 3.63) is 18.2 Å². The van der Waals surface area contributed by atoms with Gasteiger partial charge in [0.2, 0.25) is 0 Å². The first-order chi connectivity index (χ1) is 6.72. The smallest absolute Gasteiger partial charge is 0.126 e. The van der Waals surface area contributed by atoms with E-state index in [1.54, 1.807) is 11.8 Å². The topological polar surface area (TPSA) is 28.2 Å². The van der Waals surface area contributed by atoms with Crippen molar-refractivity contribution in [1.29, 1.82) is 0 Å². The van der Waals surface area contributed by atoms with E-state index in [9.17, 15) is 0 Å². The Morgan fingerprint density at radius 1 is 1.43 bits per heavy atom. The second-order valence-electron chi connectivity index (χ2n) is 3.26. The predicted octanol–water partition coefficient (Wildman–Crippen LogP) is 1.78. The molecule has 0 aliphatic carbocycles. The van der Waals surface area contributed by atoms with Crippen LogP contribution in [0.3, 0.4) is 0 Å². The molecule has 0 radical (unpaired) electrons. The zero-order valence-electron chi connectivity index (χ0n) is 8.95. The Balaban J connectivity index is 2.42. The summed E-state index contributed by atoms with van der Waals surface area (Å²) in [7, 11) is 6.05. The zero-order valence-corrected chi connectivity index (χ0v) is 9.77. The highest BCUT2D eigenvalue weighted by molar-refractivity contribution is 7.99. The van der Waals surface area contributed by atoms with Crippen molar-refractivity contribution in [1.82, 2.24) is 9.88 Å². The molecule has 3 nitrogen and oxygen atoms in total. The number of rotatable bonds is 5. The summed E-state index contributed by atoms with van der Waals surface area (Å²) in [6.07, 6.45) is 0. The molecule has 0 bridgehead atoms.